The van der Waals surface area contributed by atoms with E-state index < -0.39 is 18.6 Å². The number of hydrogen-bond donors (Lipinski definition) is 2. The number of aryl methyl sites for hydroxylation is 1. The number of halogens is 2. The molecule has 0 aliphatic carbocycles. The van der Waals surface area contributed by atoms with E-state index >= 15 is 0 Å². The second-order valence-corrected chi connectivity index (χ2v) is 9.58. The summed E-state index contributed by atoms with van der Waals surface area (Å²) in [7, 11) is 1.69. The number of nitrogens with zero attached hydrogens (tertiary/aromatic N) is 4. The fourth-order valence-corrected chi connectivity index (χ4v) is 4.98. The van der Waals surface area contributed by atoms with E-state index in [1.807, 2.05) is 6.07 Å². The highest BCUT2D eigenvalue weighted by atomic mass is 19.3. The number of aliphatic hydroxyl groups excluding tert-OH is 1. The lowest BCUT2D eigenvalue weighted by molar-refractivity contribution is -0.128. The first kappa shape index (κ1) is 26.4. The maximum atomic E-state index is 14.1. The Morgan fingerprint density at radius 2 is 2.08 bits per heavy atom. The Labute approximate surface area is 213 Å². The zero-order chi connectivity index (χ0) is 27.1. The largest absolute Gasteiger partial charge is 0.390 e. The molecule has 1 saturated heterocycles. The lowest BCUT2D eigenvalue weighted by Crippen LogP contribution is -2.32. The Hall–Kier alpha value is -3.66. The standard InChI is InChI=1S/C27H31F2N5O3/c1-6-21-11-19(13-34(21)17(4)36)23-12-22-24(26(37)33(23)5)31-16(3)32-25(22)30-15(2)18-8-7-9-20(10-18)27(28,29)14-35/h6-10,12,15,19,21,35H,1,11,13-14H2,2-5H3,(H,30,31,32)/t15-,19?,21-/m1/s1. The molecule has 1 aromatic carbocycles. The van der Waals surface area contributed by atoms with Crippen molar-refractivity contribution in [1.82, 2.24) is 19.4 Å². The number of fused-ring (bicyclic) bond motifs is 1. The molecule has 1 unspecified atom stereocenters. The number of carbonyl (C=O) groups excluding carboxylic acids is 1. The molecule has 0 saturated carbocycles. The van der Waals surface area contributed by atoms with Crippen LogP contribution >= 0.6 is 0 Å². The first-order valence-corrected chi connectivity index (χ1v) is 12.1. The van der Waals surface area contributed by atoms with Crippen molar-refractivity contribution in [3.8, 4) is 0 Å². The van der Waals surface area contributed by atoms with E-state index in [0.717, 1.165) is 5.69 Å². The summed E-state index contributed by atoms with van der Waals surface area (Å²) < 4.78 is 29.7. The van der Waals surface area contributed by atoms with Crippen LogP contribution in [-0.2, 0) is 17.8 Å². The molecule has 3 atom stereocenters. The van der Waals surface area contributed by atoms with Crippen LogP contribution in [0.4, 0.5) is 14.6 Å². The van der Waals surface area contributed by atoms with E-state index in [9.17, 15) is 18.4 Å². The summed E-state index contributed by atoms with van der Waals surface area (Å²) in [5.41, 5.74) is 1.00. The highest BCUT2D eigenvalue weighted by Gasteiger charge is 2.34. The molecule has 2 N–H and O–H groups in total. The fraction of sp³-hybridized carbons (Fsp3) is 0.407. The second-order valence-electron chi connectivity index (χ2n) is 9.58. The zero-order valence-corrected chi connectivity index (χ0v) is 21.3. The number of benzene rings is 1. The van der Waals surface area contributed by atoms with Gasteiger partial charge in [0, 0.05) is 43.7 Å². The predicted octanol–water partition coefficient (Wildman–Crippen LogP) is 3.78. The molecule has 1 amide bonds. The maximum Gasteiger partial charge on any atom is 0.295 e. The third-order valence-electron chi connectivity index (χ3n) is 7.04. The topological polar surface area (TPSA) is 100 Å². The first-order chi connectivity index (χ1) is 17.5. The number of hydrogen-bond acceptors (Lipinski definition) is 6. The highest BCUT2D eigenvalue weighted by molar-refractivity contribution is 5.89. The summed E-state index contributed by atoms with van der Waals surface area (Å²) in [6, 6.07) is 7.15. The normalized spacial score (nSPS) is 18.7. The molecule has 196 valence electrons. The van der Waals surface area contributed by atoms with Gasteiger partial charge in [-0.25, -0.2) is 9.97 Å². The number of likely N-dealkylation sites (tertiary alicyclic amines) is 1. The van der Waals surface area contributed by atoms with Crippen LogP contribution in [0.3, 0.4) is 0 Å². The molecule has 4 rings (SSSR count). The summed E-state index contributed by atoms with van der Waals surface area (Å²) in [6.07, 6.45) is 2.38. The van der Waals surface area contributed by atoms with Crippen LogP contribution in [-0.4, -0.2) is 49.6 Å². The van der Waals surface area contributed by atoms with Crippen molar-refractivity contribution < 1.29 is 18.7 Å². The lowest BCUT2D eigenvalue weighted by Gasteiger charge is -2.21. The Bertz CT molecular complexity index is 1420. The number of pyridine rings is 1. The van der Waals surface area contributed by atoms with Crippen LogP contribution in [0.1, 0.15) is 54.9 Å². The van der Waals surface area contributed by atoms with E-state index in [4.69, 9.17) is 5.11 Å². The maximum absolute atomic E-state index is 14.1. The molecule has 10 heteroatoms. The minimum absolute atomic E-state index is 0.0534. The minimum Gasteiger partial charge on any atom is -0.390 e. The van der Waals surface area contributed by atoms with Gasteiger partial charge in [0.25, 0.3) is 11.5 Å². The number of carbonyl (C=O) groups is 1. The van der Waals surface area contributed by atoms with E-state index in [0.29, 0.717) is 35.6 Å². The highest BCUT2D eigenvalue weighted by Crippen LogP contribution is 2.34. The number of amides is 1. The molecule has 1 aliphatic heterocycles. The first-order valence-electron chi connectivity index (χ1n) is 12.1. The number of anilines is 1. The molecule has 0 radical (unpaired) electrons. The van der Waals surface area contributed by atoms with Crippen LogP contribution in [0.25, 0.3) is 10.9 Å². The summed E-state index contributed by atoms with van der Waals surface area (Å²) in [5, 5.41) is 12.8. The summed E-state index contributed by atoms with van der Waals surface area (Å²) in [4.78, 5) is 36.1. The Morgan fingerprint density at radius 1 is 1.35 bits per heavy atom. The molecule has 1 fully saturated rings. The molecular weight excluding hydrogens is 480 g/mol. The van der Waals surface area contributed by atoms with Crippen molar-refractivity contribution in [2.24, 2.45) is 7.05 Å². The molecule has 8 nitrogen and oxygen atoms in total. The molecule has 3 aromatic rings. The lowest BCUT2D eigenvalue weighted by atomic mass is 9.99. The van der Waals surface area contributed by atoms with E-state index in [2.05, 4.69) is 21.9 Å². The molecule has 0 spiro atoms. The Morgan fingerprint density at radius 3 is 2.70 bits per heavy atom. The van der Waals surface area contributed by atoms with Crippen LogP contribution in [0.2, 0.25) is 0 Å². The summed E-state index contributed by atoms with van der Waals surface area (Å²) in [6.45, 7) is 8.03. The predicted molar refractivity (Wildman–Crippen MR) is 138 cm³/mol. The molecule has 2 aromatic heterocycles. The Kier molecular flexibility index (Phi) is 7.14. The Balaban J connectivity index is 1.76. The van der Waals surface area contributed by atoms with Gasteiger partial charge in [-0.05, 0) is 38.0 Å². The van der Waals surface area contributed by atoms with Gasteiger partial charge in [-0.15, -0.1) is 6.58 Å². The van der Waals surface area contributed by atoms with Crippen LogP contribution in [0, 0.1) is 6.92 Å². The van der Waals surface area contributed by atoms with Gasteiger partial charge in [0.1, 0.15) is 23.8 Å². The molecule has 3 heterocycles. The third kappa shape index (κ3) is 4.98. The van der Waals surface area contributed by atoms with Crippen LogP contribution in [0.15, 0.2) is 47.8 Å². The average Bonchev–Trinajstić information content (AvgIpc) is 3.31. The average molecular weight is 512 g/mol. The van der Waals surface area contributed by atoms with Gasteiger partial charge in [0.2, 0.25) is 5.91 Å². The molecular formula is C27H31F2N5O3. The van der Waals surface area contributed by atoms with Gasteiger partial charge >= 0.3 is 0 Å². The second kappa shape index (κ2) is 10.0. The monoisotopic (exact) mass is 511 g/mol. The van der Waals surface area contributed by atoms with Gasteiger partial charge in [-0.1, -0.05) is 24.3 Å². The third-order valence-corrected chi connectivity index (χ3v) is 7.04. The van der Waals surface area contributed by atoms with E-state index in [-0.39, 0.29) is 34.5 Å². The molecule has 0 bridgehead atoms. The van der Waals surface area contributed by atoms with Crippen molar-refractivity contribution in [3.05, 3.63) is 76.0 Å². The van der Waals surface area contributed by atoms with Crippen molar-refractivity contribution >= 4 is 22.6 Å². The van der Waals surface area contributed by atoms with Crippen LogP contribution < -0.4 is 10.9 Å². The van der Waals surface area contributed by atoms with Crippen molar-refractivity contribution in [3.63, 3.8) is 0 Å². The van der Waals surface area contributed by atoms with Gasteiger partial charge in [-0.3, -0.25) is 9.59 Å². The van der Waals surface area contributed by atoms with E-state index in [1.165, 1.54) is 25.1 Å². The number of rotatable bonds is 7. The summed E-state index contributed by atoms with van der Waals surface area (Å²) >= 11 is 0. The van der Waals surface area contributed by atoms with Gasteiger partial charge in [0.15, 0.2) is 0 Å². The smallest absolute Gasteiger partial charge is 0.295 e. The fourth-order valence-electron chi connectivity index (χ4n) is 4.98. The van der Waals surface area contributed by atoms with Crippen LogP contribution in [0.5, 0.6) is 0 Å². The van der Waals surface area contributed by atoms with Gasteiger partial charge < -0.3 is 19.9 Å². The van der Waals surface area contributed by atoms with Crippen molar-refractivity contribution in [2.75, 3.05) is 18.5 Å². The van der Waals surface area contributed by atoms with E-state index in [1.54, 1.807) is 42.5 Å². The van der Waals surface area contributed by atoms with Gasteiger partial charge in [0.05, 0.1) is 11.4 Å². The van der Waals surface area contributed by atoms with Gasteiger partial charge in [-0.2, -0.15) is 8.78 Å². The number of alkyl halides is 2. The van der Waals surface area contributed by atoms with Crippen molar-refractivity contribution in [1.29, 1.82) is 0 Å². The number of aliphatic hydroxyl groups is 1. The summed E-state index contributed by atoms with van der Waals surface area (Å²) in [5.74, 6) is -2.69. The minimum atomic E-state index is -3.35. The number of nitrogens with one attached hydrogen (secondary N) is 1. The van der Waals surface area contributed by atoms with Crippen molar-refractivity contribution in [2.45, 2.75) is 51.1 Å². The number of aromatic nitrogens is 3. The SMILES string of the molecule is C=C[C@@H]1CC(c2cc3c(N[C@H](C)c4cccc(C(F)(F)CO)c4)nc(C)nc3c(=O)n2C)CN1C(C)=O. The zero-order valence-electron chi connectivity index (χ0n) is 21.3. The molecule has 1 aliphatic rings. The molecule has 37 heavy (non-hydrogen) atoms. The quantitative estimate of drug-likeness (QED) is 0.469.